The third-order valence-electron chi connectivity index (χ3n) is 5.17. The summed E-state index contributed by atoms with van der Waals surface area (Å²) in [5.41, 5.74) is 1.10. The van der Waals surface area contributed by atoms with E-state index < -0.39 is 6.03 Å². The van der Waals surface area contributed by atoms with E-state index in [4.69, 9.17) is 0 Å². The van der Waals surface area contributed by atoms with Crippen LogP contribution in [0.1, 0.15) is 30.6 Å². The zero-order valence-corrected chi connectivity index (χ0v) is 19.1. The highest BCUT2D eigenvalue weighted by Crippen LogP contribution is 2.11. The molecule has 10 heteroatoms. The van der Waals surface area contributed by atoms with E-state index in [1.54, 1.807) is 47.6 Å². The zero-order chi connectivity index (χ0) is 23.6. The molecule has 176 valence electrons. The molecule has 3 rings (SSSR count). The summed E-state index contributed by atoms with van der Waals surface area (Å²) >= 11 is 0. The number of amides is 4. The number of carbonyl (C=O) groups is 3. The number of aromatic nitrogens is 2. The second-order valence-corrected chi connectivity index (χ2v) is 8.23. The summed E-state index contributed by atoms with van der Waals surface area (Å²) in [4.78, 5) is 48.9. The number of benzene rings is 1. The molecule has 1 fully saturated rings. The molecule has 2 heterocycles. The Bertz CT molecular complexity index is 927. The third-order valence-corrected chi connectivity index (χ3v) is 5.17. The van der Waals surface area contributed by atoms with Crippen LogP contribution < -0.4 is 20.9 Å². The normalized spacial score (nSPS) is 13.5. The minimum atomic E-state index is -0.397. The lowest BCUT2D eigenvalue weighted by atomic mass is 10.1. The highest BCUT2D eigenvalue weighted by molar-refractivity contribution is 5.95. The number of rotatable bonds is 8. The molecule has 1 saturated heterocycles. The molecule has 0 aliphatic carbocycles. The number of nitrogens with zero attached hydrogens (tertiary/aromatic N) is 4. The number of piperazine rings is 1. The fourth-order valence-corrected chi connectivity index (χ4v) is 3.33. The predicted octanol–water partition coefficient (Wildman–Crippen LogP) is 1.72. The van der Waals surface area contributed by atoms with Crippen molar-refractivity contribution in [2.24, 2.45) is 5.92 Å². The molecular formula is C23H31N7O3. The average molecular weight is 454 g/mol. The van der Waals surface area contributed by atoms with Crippen LogP contribution >= 0.6 is 0 Å². The fourth-order valence-electron chi connectivity index (χ4n) is 3.33. The number of hydrogen-bond donors (Lipinski definition) is 3. The Hall–Kier alpha value is -3.69. The van der Waals surface area contributed by atoms with Gasteiger partial charge in [-0.2, -0.15) is 0 Å². The maximum atomic E-state index is 12.4. The lowest BCUT2D eigenvalue weighted by Gasteiger charge is -2.34. The van der Waals surface area contributed by atoms with Crippen molar-refractivity contribution >= 4 is 29.5 Å². The molecule has 1 aliphatic rings. The van der Waals surface area contributed by atoms with Crippen LogP contribution in [0, 0.1) is 5.92 Å². The SMILES string of the molecule is CC(C)CNC(=O)c1ccc(NC(=O)NCCC(=O)N2CCN(c3ncccn3)CC2)cc1. The van der Waals surface area contributed by atoms with Gasteiger partial charge in [-0.1, -0.05) is 13.8 Å². The quantitative estimate of drug-likeness (QED) is 0.560. The van der Waals surface area contributed by atoms with Crippen molar-refractivity contribution in [2.45, 2.75) is 20.3 Å². The summed E-state index contributed by atoms with van der Waals surface area (Å²) in [6, 6.07) is 8.04. The van der Waals surface area contributed by atoms with Gasteiger partial charge in [0.05, 0.1) is 0 Å². The number of anilines is 2. The number of hydrogen-bond acceptors (Lipinski definition) is 6. The van der Waals surface area contributed by atoms with Crippen LogP contribution in [0.25, 0.3) is 0 Å². The van der Waals surface area contributed by atoms with Gasteiger partial charge in [-0.15, -0.1) is 0 Å². The van der Waals surface area contributed by atoms with Crippen LogP contribution in [0.15, 0.2) is 42.7 Å². The van der Waals surface area contributed by atoms with Crippen molar-refractivity contribution in [2.75, 3.05) is 49.5 Å². The Morgan fingerprint density at radius 1 is 0.970 bits per heavy atom. The minimum Gasteiger partial charge on any atom is -0.352 e. The Balaban J connectivity index is 1.35. The summed E-state index contributed by atoms with van der Waals surface area (Å²) in [6.07, 6.45) is 3.63. The number of urea groups is 1. The first-order valence-electron chi connectivity index (χ1n) is 11.1. The Labute approximate surface area is 193 Å². The van der Waals surface area contributed by atoms with E-state index in [0.717, 1.165) is 0 Å². The fraction of sp³-hybridized carbons (Fsp3) is 0.435. The first kappa shape index (κ1) is 24.0. The van der Waals surface area contributed by atoms with E-state index in [-0.39, 0.29) is 24.8 Å². The van der Waals surface area contributed by atoms with Gasteiger partial charge in [-0.3, -0.25) is 9.59 Å². The van der Waals surface area contributed by atoms with Crippen molar-refractivity contribution < 1.29 is 14.4 Å². The largest absolute Gasteiger partial charge is 0.352 e. The van der Waals surface area contributed by atoms with Crippen LogP contribution in [0.3, 0.4) is 0 Å². The van der Waals surface area contributed by atoms with Gasteiger partial charge in [0.15, 0.2) is 0 Å². The van der Waals surface area contributed by atoms with Crippen LogP contribution in [0.4, 0.5) is 16.4 Å². The molecular weight excluding hydrogens is 422 g/mol. The molecule has 0 bridgehead atoms. The maximum Gasteiger partial charge on any atom is 0.319 e. The molecule has 1 aromatic heterocycles. The van der Waals surface area contributed by atoms with Crippen LogP contribution in [-0.2, 0) is 4.79 Å². The first-order valence-corrected chi connectivity index (χ1v) is 11.1. The second-order valence-electron chi connectivity index (χ2n) is 8.23. The summed E-state index contributed by atoms with van der Waals surface area (Å²) in [7, 11) is 0. The highest BCUT2D eigenvalue weighted by Gasteiger charge is 2.22. The summed E-state index contributed by atoms with van der Waals surface area (Å²) < 4.78 is 0. The maximum absolute atomic E-state index is 12.4. The van der Waals surface area contributed by atoms with E-state index in [1.165, 1.54) is 0 Å². The Kier molecular flexibility index (Phi) is 8.56. The van der Waals surface area contributed by atoms with Gasteiger partial charge in [0.2, 0.25) is 11.9 Å². The van der Waals surface area contributed by atoms with Gasteiger partial charge >= 0.3 is 6.03 Å². The molecule has 3 N–H and O–H groups in total. The lowest BCUT2D eigenvalue weighted by Crippen LogP contribution is -2.49. The average Bonchev–Trinajstić information content (AvgIpc) is 2.83. The third kappa shape index (κ3) is 7.44. The van der Waals surface area contributed by atoms with E-state index in [2.05, 4.69) is 30.8 Å². The Morgan fingerprint density at radius 2 is 1.64 bits per heavy atom. The topological polar surface area (TPSA) is 120 Å². The van der Waals surface area contributed by atoms with Crippen molar-refractivity contribution in [3.8, 4) is 0 Å². The first-order chi connectivity index (χ1) is 15.9. The summed E-state index contributed by atoms with van der Waals surface area (Å²) in [6.45, 7) is 7.45. The summed E-state index contributed by atoms with van der Waals surface area (Å²) in [5.74, 6) is 0.905. The molecule has 0 saturated carbocycles. The summed E-state index contributed by atoms with van der Waals surface area (Å²) in [5, 5.41) is 8.26. The van der Waals surface area contributed by atoms with Gasteiger partial charge < -0.3 is 25.8 Å². The van der Waals surface area contributed by atoms with E-state index in [0.29, 0.717) is 55.8 Å². The molecule has 0 spiro atoms. The molecule has 0 atom stereocenters. The van der Waals surface area contributed by atoms with Crippen molar-refractivity contribution in [3.63, 3.8) is 0 Å². The monoisotopic (exact) mass is 453 g/mol. The number of carbonyl (C=O) groups excluding carboxylic acids is 3. The number of nitrogens with one attached hydrogen (secondary N) is 3. The van der Waals surface area contributed by atoms with Gasteiger partial charge in [0.25, 0.3) is 5.91 Å². The van der Waals surface area contributed by atoms with Crippen molar-refractivity contribution in [3.05, 3.63) is 48.3 Å². The second kappa shape index (κ2) is 11.8. The van der Waals surface area contributed by atoms with E-state index >= 15 is 0 Å². The predicted molar refractivity (Wildman–Crippen MR) is 126 cm³/mol. The van der Waals surface area contributed by atoms with Crippen molar-refractivity contribution in [1.29, 1.82) is 0 Å². The van der Waals surface area contributed by atoms with Gasteiger partial charge in [-0.05, 0) is 36.2 Å². The molecule has 33 heavy (non-hydrogen) atoms. The van der Waals surface area contributed by atoms with Crippen molar-refractivity contribution in [1.82, 2.24) is 25.5 Å². The van der Waals surface area contributed by atoms with Gasteiger partial charge in [-0.25, -0.2) is 14.8 Å². The van der Waals surface area contributed by atoms with Crippen LogP contribution in [0.2, 0.25) is 0 Å². The van der Waals surface area contributed by atoms with E-state index in [1.807, 2.05) is 13.8 Å². The van der Waals surface area contributed by atoms with Gasteiger partial charge in [0.1, 0.15) is 0 Å². The molecule has 10 nitrogen and oxygen atoms in total. The standard InChI is InChI=1S/C23H31N7O3/c1-17(2)16-27-21(32)18-4-6-19(7-5-18)28-23(33)26-11-8-20(31)29-12-14-30(15-13-29)22-24-9-3-10-25-22/h3-7,9-10,17H,8,11-16H2,1-2H3,(H,27,32)(H2,26,28,33). The zero-order valence-electron chi connectivity index (χ0n) is 19.1. The Morgan fingerprint density at radius 3 is 2.27 bits per heavy atom. The molecule has 2 aromatic rings. The smallest absolute Gasteiger partial charge is 0.319 e. The molecule has 0 radical (unpaired) electrons. The minimum absolute atomic E-state index is 0.000642. The van der Waals surface area contributed by atoms with Crippen LogP contribution in [-0.4, -0.2) is 72.0 Å². The van der Waals surface area contributed by atoms with E-state index in [9.17, 15) is 14.4 Å². The molecule has 1 aromatic carbocycles. The molecule has 0 unspecified atom stereocenters. The van der Waals surface area contributed by atoms with Gasteiger partial charge in [0, 0.05) is 69.3 Å². The highest BCUT2D eigenvalue weighted by atomic mass is 16.2. The molecule has 1 aliphatic heterocycles. The van der Waals surface area contributed by atoms with Crippen LogP contribution in [0.5, 0.6) is 0 Å². The molecule has 4 amide bonds. The lowest BCUT2D eigenvalue weighted by molar-refractivity contribution is -0.131.